The first-order valence-corrected chi connectivity index (χ1v) is 7.16. The van der Waals surface area contributed by atoms with Crippen LogP contribution in [0.1, 0.15) is 34.6 Å². The molecule has 2 rings (SSSR count). The normalized spacial score (nSPS) is 19.4. The molecule has 0 saturated heterocycles. The second-order valence-electron chi connectivity index (χ2n) is 5.56. The molecule has 0 heterocycles. The van der Waals surface area contributed by atoms with Crippen molar-refractivity contribution in [2.45, 2.75) is 34.6 Å². The quantitative estimate of drug-likeness (QED) is 0.434. The molecule has 108 valence electrons. The van der Waals surface area contributed by atoms with Gasteiger partial charge < -0.3 is 0 Å². The fourth-order valence-corrected chi connectivity index (χ4v) is 2.77. The lowest BCUT2D eigenvalue weighted by atomic mass is 9.99. The summed E-state index contributed by atoms with van der Waals surface area (Å²) < 4.78 is 13.9. The lowest BCUT2D eigenvalue weighted by Crippen LogP contribution is -1.87. The Morgan fingerprint density at radius 3 is 2.29 bits per heavy atom. The molecule has 0 aromatic heterocycles. The fourth-order valence-electron chi connectivity index (χ4n) is 2.77. The predicted octanol–water partition coefficient (Wildman–Crippen LogP) is 6.05. The molecule has 0 fully saturated rings. The third-order valence-corrected chi connectivity index (χ3v) is 4.00. The van der Waals surface area contributed by atoms with Gasteiger partial charge in [-0.05, 0) is 68.6 Å². The molecule has 0 unspecified atom stereocenters. The molecule has 0 radical (unpaired) electrons. The van der Waals surface area contributed by atoms with Gasteiger partial charge >= 0.3 is 0 Å². The van der Waals surface area contributed by atoms with Crippen LogP contribution in [0.3, 0.4) is 0 Å². The number of hydrogen-bond donors (Lipinski definition) is 0. The molecule has 0 aliphatic heterocycles. The van der Waals surface area contributed by atoms with Gasteiger partial charge in [-0.2, -0.15) is 0 Å². The highest BCUT2D eigenvalue weighted by Crippen LogP contribution is 2.52. The Labute approximate surface area is 126 Å². The zero-order valence-corrected chi connectivity index (χ0v) is 13.4. The summed E-state index contributed by atoms with van der Waals surface area (Å²) in [6, 6.07) is 0. The second kappa shape index (κ2) is 5.71. The first kappa shape index (κ1) is 15.3. The van der Waals surface area contributed by atoms with E-state index in [-0.39, 0.29) is 5.83 Å². The molecule has 0 aromatic carbocycles. The lowest BCUT2D eigenvalue weighted by molar-refractivity contribution is 0.664. The standard InChI is InChI=1S/C20H21F/c1-7-13(5)18-19(14(6)15(8-2)12(3)4)20(18)16-10-9-11-17(16)21/h7-8,10-11H,2H2,1,3-6H3/b13-7-,19-14+. The molecule has 0 spiro atoms. The zero-order valence-electron chi connectivity index (χ0n) is 13.4. The third kappa shape index (κ3) is 2.57. The van der Waals surface area contributed by atoms with Crippen LogP contribution in [0.4, 0.5) is 4.39 Å². The number of rotatable bonds is 4. The van der Waals surface area contributed by atoms with Crippen LogP contribution in [0.2, 0.25) is 0 Å². The van der Waals surface area contributed by atoms with Crippen molar-refractivity contribution < 1.29 is 4.39 Å². The van der Waals surface area contributed by atoms with Crippen molar-refractivity contribution in [3.8, 4) is 0 Å². The van der Waals surface area contributed by atoms with Crippen molar-refractivity contribution >= 4 is 0 Å². The fraction of sp³-hybridized carbons (Fsp3) is 0.250. The van der Waals surface area contributed by atoms with E-state index in [2.05, 4.69) is 46.1 Å². The molecule has 2 aliphatic rings. The maximum atomic E-state index is 13.9. The molecule has 0 atom stereocenters. The average Bonchev–Trinajstić information content (AvgIpc) is 3.04. The van der Waals surface area contributed by atoms with Crippen molar-refractivity contribution in [1.82, 2.24) is 0 Å². The lowest BCUT2D eigenvalue weighted by Gasteiger charge is -2.06. The molecule has 0 N–H and O–H groups in total. The van der Waals surface area contributed by atoms with Crippen LogP contribution in [0.5, 0.6) is 0 Å². The number of halogens is 1. The maximum Gasteiger partial charge on any atom is 0.139 e. The van der Waals surface area contributed by atoms with Crippen molar-refractivity contribution in [2.24, 2.45) is 0 Å². The van der Waals surface area contributed by atoms with E-state index in [1.54, 1.807) is 6.08 Å². The van der Waals surface area contributed by atoms with E-state index < -0.39 is 0 Å². The summed E-state index contributed by atoms with van der Waals surface area (Å²) in [4.78, 5) is 0. The minimum Gasteiger partial charge on any atom is -0.206 e. The summed E-state index contributed by atoms with van der Waals surface area (Å²) in [7, 11) is 0. The van der Waals surface area contributed by atoms with Crippen molar-refractivity contribution in [3.63, 3.8) is 0 Å². The van der Waals surface area contributed by atoms with Crippen LogP contribution in [0.15, 0.2) is 87.0 Å². The van der Waals surface area contributed by atoms with E-state index in [1.165, 1.54) is 17.2 Å². The highest BCUT2D eigenvalue weighted by atomic mass is 19.1. The average molecular weight is 280 g/mol. The Kier molecular flexibility index (Phi) is 4.16. The van der Waals surface area contributed by atoms with Crippen molar-refractivity contribution in [1.29, 1.82) is 0 Å². The van der Waals surface area contributed by atoms with Gasteiger partial charge in [0.1, 0.15) is 5.83 Å². The minimum atomic E-state index is -0.202. The smallest absolute Gasteiger partial charge is 0.139 e. The Hall–Kier alpha value is -2.11. The van der Waals surface area contributed by atoms with Gasteiger partial charge in [0.25, 0.3) is 0 Å². The zero-order chi connectivity index (χ0) is 15.7. The molecule has 0 nitrogen and oxygen atoms in total. The van der Waals surface area contributed by atoms with Crippen LogP contribution in [0.25, 0.3) is 0 Å². The monoisotopic (exact) mass is 280 g/mol. The van der Waals surface area contributed by atoms with Gasteiger partial charge in [-0.15, -0.1) is 5.73 Å². The molecule has 1 heteroatoms. The summed E-state index contributed by atoms with van der Waals surface area (Å²) in [5, 5.41) is 0. The number of hydrogen-bond acceptors (Lipinski definition) is 0. The van der Waals surface area contributed by atoms with E-state index in [0.717, 1.165) is 27.9 Å². The van der Waals surface area contributed by atoms with E-state index in [0.29, 0.717) is 5.57 Å². The molecule has 0 saturated carbocycles. The highest BCUT2D eigenvalue weighted by molar-refractivity contribution is 5.85. The van der Waals surface area contributed by atoms with Gasteiger partial charge in [0.05, 0.1) is 0 Å². The first-order chi connectivity index (χ1) is 9.93. The van der Waals surface area contributed by atoms with E-state index >= 15 is 0 Å². The van der Waals surface area contributed by atoms with E-state index in [1.807, 2.05) is 13.0 Å². The topological polar surface area (TPSA) is 0 Å². The van der Waals surface area contributed by atoms with Crippen LogP contribution >= 0.6 is 0 Å². The summed E-state index contributed by atoms with van der Waals surface area (Å²) in [6.07, 6.45) is 7.06. The molecular formula is C20H21F. The third-order valence-electron chi connectivity index (χ3n) is 4.00. The predicted molar refractivity (Wildman–Crippen MR) is 88.5 cm³/mol. The van der Waals surface area contributed by atoms with Crippen molar-refractivity contribution in [2.75, 3.05) is 0 Å². The van der Waals surface area contributed by atoms with Crippen LogP contribution in [-0.2, 0) is 0 Å². The van der Waals surface area contributed by atoms with Crippen LogP contribution in [0, 0.1) is 0 Å². The van der Waals surface area contributed by atoms with Crippen LogP contribution < -0.4 is 0 Å². The number of allylic oxidation sites excluding steroid dienone is 12. The Morgan fingerprint density at radius 2 is 1.86 bits per heavy atom. The SMILES string of the molecule is C=CC(=C(C)C)/C(C)=C1C(C2=C(F)C=C=C2)=C/1/C(C)=C\C. The summed E-state index contributed by atoms with van der Waals surface area (Å²) in [6.45, 7) is 14.2. The second-order valence-corrected chi connectivity index (χ2v) is 5.56. The maximum absolute atomic E-state index is 13.9. The molecule has 0 aromatic rings. The Balaban J connectivity index is 2.59. The summed E-state index contributed by atoms with van der Waals surface area (Å²) >= 11 is 0. The summed E-state index contributed by atoms with van der Waals surface area (Å²) in [5.41, 5.74) is 11.5. The van der Waals surface area contributed by atoms with Gasteiger partial charge in [0, 0.05) is 17.2 Å². The molecule has 0 bridgehead atoms. The van der Waals surface area contributed by atoms with E-state index in [4.69, 9.17) is 0 Å². The highest BCUT2D eigenvalue weighted by Gasteiger charge is 2.36. The summed E-state index contributed by atoms with van der Waals surface area (Å²) in [5.74, 6) is -0.202. The van der Waals surface area contributed by atoms with Gasteiger partial charge in [-0.25, -0.2) is 4.39 Å². The van der Waals surface area contributed by atoms with Gasteiger partial charge in [0.15, 0.2) is 0 Å². The van der Waals surface area contributed by atoms with E-state index in [9.17, 15) is 4.39 Å². The Bertz CT molecular complexity index is 733. The Morgan fingerprint density at radius 1 is 1.19 bits per heavy atom. The van der Waals surface area contributed by atoms with Gasteiger partial charge in [-0.3, -0.25) is 0 Å². The molecule has 2 aliphatic carbocycles. The van der Waals surface area contributed by atoms with Crippen molar-refractivity contribution in [3.05, 3.63) is 87.0 Å². The first-order valence-electron chi connectivity index (χ1n) is 7.16. The van der Waals surface area contributed by atoms with Crippen LogP contribution in [-0.4, -0.2) is 0 Å². The molecule has 0 amide bonds. The largest absolute Gasteiger partial charge is 0.206 e. The van der Waals surface area contributed by atoms with Gasteiger partial charge in [0.2, 0.25) is 0 Å². The van der Waals surface area contributed by atoms with Gasteiger partial charge in [-0.1, -0.05) is 24.3 Å². The molecule has 21 heavy (non-hydrogen) atoms. The minimum absolute atomic E-state index is 0.202. The molecular weight excluding hydrogens is 259 g/mol.